The highest BCUT2D eigenvalue weighted by molar-refractivity contribution is 5.48. The summed E-state index contributed by atoms with van der Waals surface area (Å²) in [4.78, 5) is 15.4. The van der Waals surface area contributed by atoms with Crippen LogP contribution in [0.15, 0.2) is 17.2 Å². The summed E-state index contributed by atoms with van der Waals surface area (Å²) < 4.78 is 1.37. The molecule has 0 aliphatic carbocycles. The van der Waals surface area contributed by atoms with Crippen molar-refractivity contribution in [3.05, 3.63) is 22.9 Å². The van der Waals surface area contributed by atoms with E-state index in [2.05, 4.69) is 20.5 Å². The van der Waals surface area contributed by atoms with Gasteiger partial charge in [-0.2, -0.15) is 5.10 Å². The van der Waals surface area contributed by atoms with Crippen LogP contribution in [0, 0.1) is 0 Å². The van der Waals surface area contributed by atoms with Gasteiger partial charge < -0.3 is 11.1 Å². The molecule has 2 rings (SSSR count). The molecule has 7 heteroatoms. The Morgan fingerprint density at radius 2 is 2.17 bits per heavy atom. The minimum Gasteiger partial charge on any atom is -0.370 e. The molecule has 0 amide bonds. The topological polar surface area (TPSA) is 101 Å². The fourth-order valence-electron chi connectivity index (χ4n) is 1.75. The van der Waals surface area contributed by atoms with Crippen LogP contribution in [0.25, 0.3) is 5.65 Å². The largest absolute Gasteiger partial charge is 0.370 e. The number of nitrogens with one attached hydrogen (secondary N) is 2. The number of hydrogen-bond acceptors (Lipinski definition) is 5. The highest BCUT2D eigenvalue weighted by atomic mass is 16.1. The number of unbranched alkanes of at least 4 members (excludes halogenated alkanes) is 3. The second kappa shape index (κ2) is 6.15. The number of nitrogens with zero attached hydrogens (tertiary/aromatic N) is 3. The van der Waals surface area contributed by atoms with Gasteiger partial charge in [-0.15, -0.1) is 0 Å². The molecule has 0 saturated heterocycles. The maximum absolute atomic E-state index is 11.2. The summed E-state index contributed by atoms with van der Waals surface area (Å²) in [5, 5.41) is 9.46. The predicted octanol–water partition coefficient (Wildman–Crippen LogP) is 0.349. The lowest BCUT2D eigenvalue weighted by Crippen LogP contribution is -2.10. The number of anilines is 1. The summed E-state index contributed by atoms with van der Waals surface area (Å²) in [6, 6.07) is 1.75. The lowest BCUT2D eigenvalue weighted by atomic mass is 10.2. The zero-order valence-corrected chi connectivity index (χ0v) is 10.2. The van der Waals surface area contributed by atoms with Crippen LogP contribution in [0.5, 0.6) is 0 Å². The Morgan fingerprint density at radius 1 is 1.33 bits per heavy atom. The number of rotatable bonds is 7. The van der Waals surface area contributed by atoms with Crippen LogP contribution in [0.4, 0.5) is 5.82 Å². The highest BCUT2D eigenvalue weighted by Crippen LogP contribution is 2.05. The molecule has 0 radical (unpaired) electrons. The van der Waals surface area contributed by atoms with Crippen molar-refractivity contribution in [2.75, 3.05) is 18.4 Å². The third kappa shape index (κ3) is 3.07. The Morgan fingerprint density at radius 3 is 3.00 bits per heavy atom. The molecule has 0 aliphatic heterocycles. The van der Waals surface area contributed by atoms with Gasteiger partial charge in [0, 0.05) is 12.6 Å². The second-order valence-corrected chi connectivity index (χ2v) is 4.16. The van der Waals surface area contributed by atoms with Gasteiger partial charge >= 0.3 is 5.69 Å². The van der Waals surface area contributed by atoms with Crippen molar-refractivity contribution in [2.24, 2.45) is 5.73 Å². The zero-order chi connectivity index (χ0) is 12.8. The van der Waals surface area contributed by atoms with E-state index in [9.17, 15) is 4.79 Å². The number of H-pyrrole nitrogens is 1. The van der Waals surface area contributed by atoms with E-state index in [1.165, 1.54) is 17.1 Å². The van der Waals surface area contributed by atoms with E-state index >= 15 is 0 Å². The first kappa shape index (κ1) is 12.6. The number of aromatic nitrogens is 4. The van der Waals surface area contributed by atoms with Crippen molar-refractivity contribution in [3.63, 3.8) is 0 Å². The smallest absolute Gasteiger partial charge is 0.348 e. The Hall–Kier alpha value is -1.89. The van der Waals surface area contributed by atoms with Gasteiger partial charge in [-0.3, -0.25) is 0 Å². The lowest BCUT2D eigenvalue weighted by Gasteiger charge is -2.04. The third-order valence-electron chi connectivity index (χ3n) is 2.75. The fraction of sp³-hybridized carbons (Fsp3) is 0.545. The van der Waals surface area contributed by atoms with Crippen LogP contribution >= 0.6 is 0 Å². The summed E-state index contributed by atoms with van der Waals surface area (Å²) in [6.45, 7) is 1.63. The average molecular weight is 250 g/mol. The molecule has 98 valence electrons. The Balaban J connectivity index is 1.83. The highest BCUT2D eigenvalue weighted by Gasteiger charge is 2.01. The molecule has 2 aromatic rings. The van der Waals surface area contributed by atoms with Gasteiger partial charge in [-0.05, 0) is 19.4 Å². The molecular weight excluding hydrogens is 232 g/mol. The van der Waals surface area contributed by atoms with Crippen molar-refractivity contribution >= 4 is 11.5 Å². The van der Waals surface area contributed by atoms with Crippen LogP contribution < -0.4 is 16.7 Å². The van der Waals surface area contributed by atoms with Gasteiger partial charge in [0.2, 0.25) is 0 Å². The van der Waals surface area contributed by atoms with E-state index in [1.54, 1.807) is 6.07 Å². The van der Waals surface area contributed by atoms with Gasteiger partial charge in [0.1, 0.15) is 12.1 Å². The van der Waals surface area contributed by atoms with Gasteiger partial charge in [-0.25, -0.2) is 19.3 Å². The molecule has 2 heterocycles. The van der Waals surface area contributed by atoms with Crippen molar-refractivity contribution in [2.45, 2.75) is 25.7 Å². The van der Waals surface area contributed by atoms with Gasteiger partial charge in [0.15, 0.2) is 5.65 Å². The molecule has 0 unspecified atom stereocenters. The van der Waals surface area contributed by atoms with E-state index in [0.29, 0.717) is 5.65 Å². The van der Waals surface area contributed by atoms with E-state index in [-0.39, 0.29) is 5.69 Å². The van der Waals surface area contributed by atoms with Crippen molar-refractivity contribution in [1.82, 2.24) is 19.6 Å². The number of aromatic amines is 1. The van der Waals surface area contributed by atoms with E-state index < -0.39 is 0 Å². The van der Waals surface area contributed by atoms with E-state index in [4.69, 9.17) is 5.73 Å². The maximum atomic E-state index is 11.2. The van der Waals surface area contributed by atoms with Crippen LogP contribution in [0.1, 0.15) is 25.7 Å². The summed E-state index contributed by atoms with van der Waals surface area (Å²) in [5.41, 5.74) is 5.72. The molecule has 0 aliphatic rings. The Kier molecular flexibility index (Phi) is 4.30. The van der Waals surface area contributed by atoms with E-state index in [0.717, 1.165) is 38.2 Å². The summed E-state index contributed by atoms with van der Waals surface area (Å²) >= 11 is 0. The molecule has 0 aromatic carbocycles. The van der Waals surface area contributed by atoms with Crippen LogP contribution in [-0.2, 0) is 0 Å². The van der Waals surface area contributed by atoms with Crippen LogP contribution in [0.3, 0.4) is 0 Å². The van der Waals surface area contributed by atoms with Gasteiger partial charge in [0.25, 0.3) is 0 Å². The lowest BCUT2D eigenvalue weighted by molar-refractivity contribution is 0.661. The second-order valence-electron chi connectivity index (χ2n) is 4.16. The molecule has 2 aromatic heterocycles. The maximum Gasteiger partial charge on any atom is 0.348 e. The molecule has 0 fully saturated rings. The van der Waals surface area contributed by atoms with Crippen LogP contribution in [0.2, 0.25) is 0 Å². The molecule has 0 saturated carbocycles. The molecule has 0 atom stereocenters. The monoisotopic (exact) mass is 250 g/mol. The summed E-state index contributed by atoms with van der Waals surface area (Å²) in [7, 11) is 0. The molecule has 4 N–H and O–H groups in total. The SMILES string of the molecule is NCCCCCCNc1cc2n[nH]c(=O)n2cn1. The average Bonchev–Trinajstić information content (AvgIpc) is 2.75. The normalized spacial score (nSPS) is 10.9. The molecular formula is C11H18N6O. The zero-order valence-electron chi connectivity index (χ0n) is 10.2. The van der Waals surface area contributed by atoms with Crippen molar-refractivity contribution in [3.8, 4) is 0 Å². The van der Waals surface area contributed by atoms with Gasteiger partial charge in [0.05, 0.1) is 0 Å². The Bertz CT molecular complexity index is 546. The minimum absolute atomic E-state index is 0.272. The number of nitrogens with two attached hydrogens (primary N) is 1. The first-order chi connectivity index (χ1) is 8.81. The third-order valence-corrected chi connectivity index (χ3v) is 2.75. The Labute approximate surface area is 104 Å². The molecule has 0 bridgehead atoms. The van der Waals surface area contributed by atoms with Crippen LogP contribution in [-0.4, -0.2) is 32.7 Å². The quantitative estimate of drug-likeness (QED) is 0.615. The standard InChI is InChI=1S/C11H18N6O/c12-5-3-1-2-4-6-13-9-7-10-15-16-11(18)17(10)8-14-9/h7-8,13H,1-6,12H2,(H,16,18). The molecule has 18 heavy (non-hydrogen) atoms. The van der Waals surface area contributed by atoms with Gasteiger partial charge in [-0.1, -0.05) is 12.8 Å². The summed E-state index contributed by atoms with van der Waals surface area (Å²) in [5.74, 6) is 0.736. The summed E-state index contributed by atoms with van der Waals surface area (Å²) in [6.07, 6.45) is 5.96. The predicted molar refractivity (Wildman–Crippen MR) is 69.6 cm³/mol. The number of hydrogen-bond donors (Lipinski definition) is 3. The fourth-order valence-corrected chi connectivity index (χ4v) is 1.75. The molecule has 0 spiro atoms. The van der Waals surface area contributed by atoms with Crippen molar-refractivity contribution in [1.29, 1.82) is 0 Å². The number of fused-ring (bicyclic) bond motifs is 1. The van der Waals surface area contributed by atoms with E-state index in [1.807, 2.05) is 0 Å². The minimum atomic E-state index is -0.272. The first-order valence-electron chi connectivity index (χ1n) is 6.18. The molecule has 7 nitrogen and oxygen atoms in total. The first-order valence-corrected chi connectivity index (χ1v) is 6.18. The van der Waals surface area contributed by atoms with Crippen molar-refractivity contribution < 1.29 is 0 Å².